The zero-order valence-electron chi connectivity index (χ0n) is 11.9. The van der Waals surface area contributed by atoms with E-state index in [2.05, 4.69) is 41.5 Å². The van der Waals surface area contributed by atoms with E-state index in [4.69, 9.17) is 5.73 Å². The molecule has 0 bridgehead atoms. The lowest BCUT2D eigenvalue weighted by molar-refractivity contribution is 0.614. The lowest BCUT2D eigenvalue weighted by Crippen LogP contribution is -2.33. The summed E-state index contributed by atoms with van der Waals surface area (Å²) in [6.07, 6.45) is 6.16. The molecular weight excluding hydrogens is 234 g/mol. The van der Waals surface area contributed by atoms with Crippen LogP contribution in [0.2, 0.25) is 0 Å². The Morgan fingerprint density at radius 1 is 1.32 bits per heavy atom. The molecule has 0 spiro atoms. The van der Waals surface area contributed by atoms with Crippen molar-refractivity contribution in [3.05, 3.63) is 35.4 Å². The topological polar surface area (TPSA) is 50.4 Å². The van der Waals surface area contributed by atoms with Gasteiger partial charge in [-0.2, -0.15) is 0 Å². The molecule has 0 fully saturated rings. The molecule has 0 saturated carbocycles. The molecule has 0 radical (unpaired) electrons. The SMILES string of the molecule is CCCCCCNC(N)=NCC1Cc2ccccc21. The van der Waals surface area contributed by atoms with E-state index >= 15 is 0 Å². The van der Waals surface area contributed by atoms with Crippen LogP contribution in [0.25, 0.3) is 0 Å². The van der Waals surface area contributed by atoms with Crippen LogP contribution in [0.1, 0.15) is 49.7 Å². The highest BCUT2D eigenvalue weighted by Gasteiger charge is 2.24. The van der Waals surface area contributed by atoms with Gasteiger partial charge in [0.2, 0.25) is 0 Å². The van der Waals surface area contributed by atoms with Gasteiger partial charge < -0.3 is 11.1 Å². The van der Waals surface area contributed by atoms with Crippen LogP contribution in [0.4, 0.5) is 0 Å². The van der Waals surface area contributed by atoms with Gasteiger partial charge in [0.25, 0.3) is 0 Å². The predicted octanol–water partition coefficient (Wildman–Crippen LogP) is 2.81. The average Bonchev–Trinajstić information content (AvgIpc) is 2.39. The molecule has 0 amide bonds. The van der Waals surface area contributed by atoms with E-state index in [0.29, 0.717) is 11.9 Å². The third-order valence-corrected chi connectivity index (χ3v) is 3.78. The van der Waals surface area contributed by atoms with Crippen molar-refractivity contribution in [3.8, 4) is 0 Å². The molecular formula is C16H25N3. The molecule has 0 aromatic heterocycles. The fraction of sp³-hybridized carbons (Fsp3) is 0.562. The van der Waals surface area contributed by atoms with Crippen LogP contribution in [0.5, 0.6) is 0 Å². The van der Waals surface area contributed by atoms with E-state index in [-0.39, 0.29) is 0 Å². The molecule has 104 valence electrons. The summed E-state index contributed by atoms with van der Waals surface area (Å²) in [6, 6.07) is 8.60. The molecule has 1 aromatic carbocycles. The third kappa shape index (κ3) is 3.98. The lowest BCUT2D eigenvalue weighted by Gasteiger charge is -2.28. The van der Waals surface area contributed by atoms with Crippen molar-refractivity contribution >= 4 is 5.96 Å². The van der Waals surface area contributed by atoms with Crippen LogP contribution in [0, 0.1) is 0 Å². The molecule has 1 atom stereocenters. The van der Waals surface area contributed by atoms with Gasteiger partial charge in [-0.25, -0.2) is 0 Å². The second kappa shape index (κ2) is 7.17. The van der Waals surface area contributed by atoms with Gasteiger partial charge in [-0.05, 0) is 24.0 Å². The van der Waals surface area contributed by atoms with Crippen LogP contribution < -0.4 is 11.1 Å². The minimum atomic E-state index is 0.566. The highest BCUT2D eigenvalue weighted by atomic mass is 15.1. The number of nitrogens with two attached hydrogens (primary N) is 1. The minimum absolute atomic E-state index is 0.566. The van der Waals surface area contributed by atoms with E-state index in [1.165, 1.54) is 36.8 Å². The standard InChI is InChI=1S/C16H25N3/c1-2-3-4-7-10-18-16(17)19-12-14-11-13-8-5-6-9-15(13)14/h5-6,8-9,14H,2-4,7,10-12H2,1H3,(H3,17,18,19). The molecule has 2 rings (SSSR count). The Morgan fingerprint density at radius 2 is 2.16 bits per heavy atom. The van der Waals surface area contributed by atoms with Crippen molar-refractivity contribution in [3.63, 3.8) is 0 Å². The van der Waals surface area contributed by atoms with Crippen LogP contribution >= 0.6 is 0 Å². The van der Waals surface area contributed by atoms with Crippen molar-refractivity contribution in [2.75, 3.05) is 13.1 Å². The smallest absolute Gasteiger partial charge is 0.188 e. The first kappa shape index (κ1) is 13.9. The molecule has 1 unspecified atom stereocenters. The van der Waals surface area contributed by atoms with Crippen molar-refractivity contribution in [2.24, 2.45) is 10.7 Å². The highest BCUT2D eigenvalue weighted by molar-refractivity contribution is 5.77. The van der Waals surface area contributed by atoms with Gasteiger partial charge in [0.05, 0.1) is 0 Å². The molecule has 0 saturated heterocycles. The monoisotopic (exact) mass is 259 g/mol. The lowest BCUT2D eigenvalue weighted by atomic mass is 9.78. The maximum absolute atomic E-state index is 5.87. The molecule has 3 heteroatoms. The summed E-state index contributed by atoms with van der Waals surface area (Å²) >= 11 is 0. The average molecular weight is 259 g/mol. The number of hydrogen-bond acceptors (Lipinski definition) is 1. The number of nitrogens with one attached hydrogen (secondary N) is 1. The van der Waals surface area contributed by atoms with E-state index in [1.807, 2.05) is 0 Å². The third-order valence-electron chi connectivity index (χ3n) is 3.78. The summed E-state index contributed by atoms with van der Waals surface area (Å²) in [5.74, 6) is 1.16. The largest absolute Gasteiger partial charge is 0.370 e. The summed E-state index contributed by atoms with van der Waals surface area (Å²) in [4.78, 5) is 4.45. The highest BCUT2D eigenvalue weighted by Crippen LogP contribution is 2.34. The zero-order valence-corrected chi connectivity index (χ0v) is 11.9. The Bertz CT molecular complexity index is 426. The van der Waals surface area contributed by atoms with Crippen LogP contribution in [0.3, 0.4) is 0 Å². The maximum Gasteiger partial charge on any atom is 0.188 e. The Balaban J connectivity index is 1.66. The summed E-state index contributed by atoms with van der Waals surface area (Å²) in [5.41, 5.74) is 8.79. The number of hydrogen-bond donors (Lipinski definition) is 2. The van der Waals surface area contributed by atoms with E-state index in [9.17, 15) is 0 Å². The number of benzene rings is 1. The number of nitrogens with zero attached hydrogens (tertiary/aromatic N) is 1. The van der Waals surface area contributed by atoms with Crippen molar-refractivity contribution in [1.82, 2.24) is 5.32 Å². The predicted molar refractivity (Wildman–Crippen MR) is 81.5 cm³/mol. The quantitative estimate of drug-likeness (QED) is 0.449. The van der Waals surface area contributed by atoms with Crippen molar-refractivity contribution < 1.29 is 0 Å². The zero-order chi connectivity index (χ0) is 13.5. The molecule has 1 aliphatic carbocycles. The van der Waals surface area contributed by atoms with Crippen LogP contribution in [-0.4, -0.2) is 19.0 Å². The molecule has 19 heavy (non-hydrogen) atoms. The first-order valence-electron chi connectivity index (χ1n) is 7.43. The number of guanidine groups is 1. The minimum Gasteiger partial charge on any atom is -0.370 e. The first-order valence-corrected chi connectivity index (χ1v) is 7.43. The fourth-order valence-electron chi connectivity index (χ4n) is 2.56. The Kier molecular flexibility index (Phi) is 5.25. The van der Waals surface area contributed by atoms with Crippen LogP contribution in [-0.2, 0) is 6.42 Å². The van der Waals surface area contributed by atoms with Crippen molar-refractivity contribution in [1.29, 1.82) is 0 Å². The van der Waals surface area contributed by atoms with E-state index < -0.39 is 0 Å². The number of fused-ring (bicyclic) bond motifs is 1. The molecule has 0 heterocycles. The van der Waals surface area contributed by atoms with Gasteiger partial charge >= 0.3 is 0 Å². The second-order valence-electron chi connectivity index (χ2n) is 5.31. The normalized spacial score (nSPS) is 17.7. The fourth-order valence-corrected chi connectivity index (χ4v) is 2.56. The van der Waals surface area contributed by atoms with Crippen molar-refractivity contribution in [2.45, 2.75) is 44.9 Å². The Labute approximate surface area is 116 Å². The molecule has 1 aliphatic rings. The van der Waals surface area contributed by atoms with Gasteiger partial charge in [0, 0.05) is 19.0 Å². The van der Waals surface area contributed by atoms with Gasteiger partial charge in [0.1, 0.15) is 0 Å². The first-order chi connectivity index (χ1) is 9.31. The Hall–Kier alpha value is -1.51. The molecule has 3 N–H and O–H groups in total. The van der Waals surface area contributed by atoms with Gasteiger partial charge in [-0.3, -0.25) is 4.99 Å². The van der Waals surface area contributed by atoms with E-state index in [0.717, 1.165) is 19.5 Å². The summed E-state index contributed by atoms with van der Waals surface area (Å²) in [7, 11) is 0. The number of unbranched alkanes of at least 4 members (excludes halogenated alkanes) is 3. The second-order valence-corrected chi connectivity index (χ2v) is 5.31. The summed E-state index contributed by atoms with van der Waals surface area (Å²) in [6.45, 7) is 3.97. The molecule has 1 aromatic rings. The van der Waals surface area contributed by atoms with E-state index in [1.54, 1.807) is 0 Å². The van der Waals surface area contributed by atoms with Gasteiger partial charge in [-0.1, -0.05) is 50.5 Å². The maximum atomic E-state index is 5.87. The summed E-state index contributed by atoms with van der Waals surface area (Å²) < 4.78 is 0. The van der Waals surface area contributed by atoms with Crippen LogP contribution in [0.15, 0.2) is 29.3 Å². The van der Waals surface area contributed by atoms with Gasteiger partial charge in [0.15, 0.2) is 5.96 Å². The molecule has 0 aliphatic heterocycles. The number of aliphatic imine (C=N–C) groups is 1. The number of rotatable bonds is 7. The Morgan fingerprint density at radius 3 is 2.95 bits per heavy atom. The summed E-state index contributed by atoms with van der Waals surface area (Å²) in [5, 5.41) is 3.20. The molecule has 3 nitrogen and oxygen atoms in total. The van der Waals surface area contributed by atoms with Gasteiger partial charge in [-0.15, -0.1) is 0 Å².